The second-order valence-corrected chi connectivity index (χ2v) is 3.02. The molecule has 10 heavy (non-hydrogen) atoms. The standard InChI is InChI=1S/C8H16N2/c9-7-10-6-8-4-2-1-3-5-8/h7-8H,1-6H2,(H2,9,10). The van der Waals surface area contributed by atoms with E-state index >= 15 is 0 Å². The van der Waals surface area contributed by atoms with Crippen LogP contribution in [0.4, 0.5) is 0 Å². The van der Waals surface area contributed by atoms with Crippen LogP contribution in [0.25, 0.3) is 0 Å². The maximum atomic E-state index is 5.15. The van der Waals surface area contributed by atoms with Gasteiger partial charge in [-0.15, -0.1) is 0 Å². The monoisotopic (exact) mass is 140 g/mol. The Morgan fingerprint density at radius 3 is 2.60 bits per heavy atom. The molecule has 0 spiro atoms. The van der Waals surface area contributed by atoms with E-state index in [9.17, 15) is 0 Å². The smallest absolute Gasteiger partial charge is 0.0797 e. The molecule has 0 aromatic rings. The van der Waals surface area contributed by atoms with Gasteiger partial charge in [0.05, 0.1) is 6.34 Å². The predicted octanol–water partition coefficient (Wildman–Crippen LogP) is 1.55. The summed E-state index contributed by atoms with van der Waals surface area (Å²) < 4.78 is 0. The fourth-order valence-electron chi connectivity index (χ4n) is 1.58. The average molecular weight is 140 g/mol. The summed E-state index contributed by atoms with van der Waals surface area (Å²) in [6, 6.07) is 0. The third-order valence-electron chi connectivity index (χ3n) is 2.19. The lowest BCUT2D eigenvalue weighted by Gasteiger charge is -2.18. The van der Waals surface area contributed by atoms with Gasteiger partial charge >= 0.3 is 0 Å². The zero-order valence-corrected chi connectivity index (χ0v) is 6.42. The number of rotatable bonds is 2. The Kier molecular flexibility index (Phi) is 3.27. The topological polar surface area (TPSA) is 38.4 Å². The van der Waals surface area contributed by atoms with Crippen LogP contribution in [0.3, 0.4) is 0 Å². The summed E-state index contributed by atoms with van der Waals surface area (Å²) in [6.45, 7) is 0.955. The molecule has 2 heteroatoms. The largest absolute Gasteiger partial charge is 0.390 e. The first kappa shape index (κ1) is 7.58. The van der Waals surface area contributed by atoms with Gasteiger partial charge < -0.3 is 5.73 Å². The summed E-state index contributed by atoms with van der Waals surface area (Å²) >= 11 is 0. The van der Waals surface area contributed by atoms with E-state index < -0.39 is 0 Å². The Morgan fingerprint density at radius 1 is 1.30 bits per heavy atom. The number of hydrogen-bond donors (Lipinski definition) is 1. The number of nitrogens with zero attached hydrogens (tertiary/aromatic N) is 1. The van der Waals surface area contributed by atoms with Crippen LogP contribution in [0.15, 0.2) is 4.99 Å². The van der Waals surface area contributed by atoms with Gasteiger partial charge in [0, 0.05) is 6.54 Å². The first-order valence-corrected chi connectivity index (χ1v) is 4.13. The van der Waals surface area contributed by atoms with Crippen molar-refractivity contribution in [3.05, 3.63) is 0 Å². The Hall–Kier alpha value is -0.530. The van der Waals surface area contributed by atoms with Gasteiger partial charge in [-0.1, -0.05) is 19.3 Å². The minimum Gasteiger partial charge on any atom is -0.390 e. The van der Waals surface area contributed by atoms with Crippen LogP contribution in [0, 0.1) is 5.92 Å². The molecule has 0 aromatic heterocycles. The zero-order valence-electron chi connectivity index (χ0n) is 6.42. The molecule has 0 amide bonds. The normalized spacial score (nSPS) is 22.0. The summed E-state index contributed by atoms with van der Waals surface area (Å²) in [7, 11) is 0. The Labute approximate surface area is 62.5 Å². The van der Waals surface area contributed by atoms with Crippen molar-refractivity contribution in [3.63, 3.8) is 0 Å². The van der Waals surface area contributed by atoms with Crippen LogP contribution in [0.1, 0.15) is 32.1 Å². The second kappa shape index (κ2) is 4.31. The average Bonchev–Trinajstić information content (AvgIpc) is 2.03. The van der Waals surface area contributed by atoms with Gasteiger partial charge in [-0.05, 0) is 18.8 Å². The highest BCUT2D eigenvalue weighted by Crippen LogP contribution is 2.23. The van der Waals surface area contributed by atoms with E-state index in [1.165, 1.54) is 38.4 Å². The van der Waals surface area contributed by atoms with E-state index in [0.29, 0.717) is 0 Å². The SMILES string of the molecule is NC=NCC1CCCCC1. The third-order valence-corrected chi connectivity index (χ3v) is 2.19. The molecular weight excluding hydrogens is 124 g/mol. The van der Waals surface area contributed by atoms with E-state index in [0.717, 1.165) is 12.5 Å². The van der Waals surface area contributed by atoms with Gasteiger partial charge in [0.15, 0.2) is 0 Å². The molecule has 1 aliphatic carbocycles. The van der Waals surface area contributed by atoms with Crippen LogP contribution in [-0.4, -0.2) is 12.9 Å². The fourth-order valence-corrected chi connectivity index (χ4v) is 1.58. The highest BCUT2D eigenvalue weighted by molar-refractivity contribution is 5.51. The summed E-state index contributed by atoms with van der Waals surface area (Å²) in [5.74, 6) is 0.827. The first-order chi connectivity index (χ1) is 4.93. The number of hydrogen-bond acceptors (Lipinski definition) is 1. The van der Waals surface area contributed by atoms with Crippen molar-refractivity contribution in [2.75, 3.05) is 6.54 Å². The maximum absolute atomic E-state index is 5.15. The van der Waals surface area contributed by atoms with E-state index in [1.54, 1.807) is 0 Å². The Balaban J connectivity index is 2.13. The molecular formula is C8H16N2. The molecule has 0 aliphatic heterocycles. The first-order valence-electron chi connectivity index (χ1n) is 4.13. The molecule has 0 saturated heterocycles. The molecule has 0 aromatic carbocycles. The molecule has 0 unspecified atom stereocenters. The van der Waals surface area contributed by atoms with Gasteiger partial charge in [-0.25, -0.2) is 0 Å². The molecule has 0 radical (unpaired) electrons. The zero-order chi connectivity index (χ0) is 7.23. The highest BCUT2D eigenvalue weighted by atomic mass is 14.8. The van der Waals surface area contributed by atoms with Crippen molar-refractivity contribution in [1.82, 2.24) is 0 Å². The molecule has 58 valence electrons. The molecule has 1 fully saturated rings. The van der Waals surface area contributed by atoms with Crippen LogP contribution >= 0.6 is 0 Å². The van der Waals surface area contributed by atoms with Gasteiger partial charge in [0.25, 0.3) is 0 Å². The highest BCUT2D eigenvalue weighted by Gasteiger charge is 2.11. The molecule has 1 aliphatic rings. The lowest BCUT2D eigenvalue weighted by atomic mass is 9.89. The molecule has 2 N–H and O–H groups in total. The lowest BCUT2D eigenvalue weighted by molar-refractivity contribution is 0.367. The van der Waals surface area contributed by atoms with Crippen LogP contribution in [0.2, 0.25) is 0 Å². The van der Waals surface area contributed by atoms with Crippen molar-refractivity contribution in [1.29, 1.82) is 0 Å². The van der Waals surface area contributed by atoms with Crippen LogP contribution in [-0.2, 0) is 0 Å². The minimum atomic E-state index is 0.827. The Morgan fingerprint density at radius 2 is 2.00 bits per heavy atom. The molecule has 0 bridgehead atoms. The van der Waals surface area contributed by atoms with Crippen molar-refractivity contribution in [2.45, 2.75) is 32.1 Å². The van der Waals surface area contributed by atoms with Crippen molar-refractivity contribution < 1.29 is 0 Å². The van der Waals surface area contributed by atoms with E-state index in [4.69, 9.17) is 5.73 Å². The molecule has 1 rings (SSSR count). The molecule has 0 heterocycles. The van der Waals surface area contributed by atoms with Crippen molar-refractivity contribution in [2.24, 2.45) is 16.6 Å². The number of aliphatic imine (C=N–C) groups is 1. The molecule has 0 atom stereocenters. The minimum absolute atomic E-state index is 0.827. The van der Waals surface area contributed by atoms with Crippen LogP contribution < -0.4 is 5.73 Å². The second-order valence-electron chi connectivity index (χ2n) is 3.02. The van der Waals surface area contributed by atoms with Crippen LogP contribution in [0.5, 0.6) is 0 Å². The van der Waals surface area contributed by atoms with Gasteiger partial charge in [0.2, 0.25) is 0 Å². The molecule has 2 nitrogen and oxygen atoms in total. The predicted molar refractivity (Wildman–Crippen MR) is 44.1 cm³/mol. The lowest BCUT2D eigenvalue weighted by Crippen LogP contribution is -2.10. The quantitative estimate of drug-likeness (QED) is 0.458. The van der Waals surface area contributed by atoms with Crippen molar-refractivity contribution >= 4 is 6.34 Å². The third kappa shape index (κ3) is 2.38. The maximum Gasteiger partial charge on any atom is 0.0797 e. The van der Waals surface area contributed by atoms with E-state index in [1.807, 2.05) is 0 Å². The van der Waals surface area contributed by atoms with E-state index in [-0.39, 0.29) is 0 Å². The summed E-state index contributed by atoms with van der Waals surface area (Å²) in [6.07, 6.45) is 8.35. The van der Waals surface area contributed by atoms with E-state index in [2.05, 4.69) is 4.99 Å². The summed E-state index contributed by atoms with van der Waals surface area (Å²) in [4.78, 5) is 4.05. The fraction of sp³-hybridized carbons (Fsp3) is 0.875. The Bertz CT molecular complexity index is 104. The molecule has 1 saturated carbocycles. The van der Waals surface area contributed by atoms with Crippen molar-refractivity contribution in [3.8, 4) is 0 Å². The number of nitrogens with two attached hydrogens (primary N) is 1. The van der Waals surface area contributed by atoms with Gasteiger partial charge in [-0.2, -0.15) is 0 Å². The summed E-state index contributed by atoms with van der Waals surface area (Å²) in [5.41, 5.74) is 5.15. The van der Waals surface area contributed by atoms with Gasteiger partial charge in [-0.3, -0.25) is 4.99 Å². The van der Waals surface area contributed by atoms with Gasteiger partial charge in [0.1, 0.15) is 0 Å². The summed E-state index contributed by atoms with van der Waals surface area (Å²) in [5, 5.41) is 0.